The average Bonchev–Trinajstić information content (AvgIpc) is 2.93. The summed E-state index contributed by atoms with van der Waals surface area (Å²) in [6.45, 7) is 2.37. The molecule has 7 nitrogen and oxygen atoms in total. The molecule has 7 heteroatoms. The molecule has 0 aromatic heterocycles. The van der Waals surface area contributed by atoms with Gasteiger partial charge in [0.15, 0.2) is 0 Å². The van der Waals surface area contributed by atoms with Crippen LogP contribution in [0, 0.1) is 0 Å². The number of nitrogens with zero attached hydrogens (tertiary/aromatic N) is 1. The number of carbonyl (C=O) groups is 3. The summed E-state index contributed by atoms with van der Waals surface area (Å²) in [5.41, 5.74) is 4.59. The number of carboxylic acid groups (broad SMARTS) is 1. The Hall–Kier alpha value is -3.35. The average molecular weight is 451 g/mol. The van der Waals surface area contributed by atoms with E-state index in [1.807, 2.05) is 24.3 Å². The lowest BCUT2D eigenvalue weighted by molar-refractivity contribution is -0.150. The third-order valence-corrected chi connectivity index (χ3v) is 6.55. The summed E-state index contributed by atoms with van der Waals surface area (Å²) < 4.78 is 5.55. The van der Waals surface area contributed by atoms with Crippen LogP contribution in [0.3, 0.4) is 0 Å². The van der Waals surface area contributed by atoms with E-state index in [-0.39, 0.29) is 24.9 Å². The topological polar surface area (TPSA) is 95.9 Å². The summed E-state index contributed by atoms with van der Waals surface area (Å²) in [4.78, 5) is 38.3. The lowest BCUT2D eigenvalue weighted by Crippen LogP contribution is -2.47. The number of rotatable bonds is 6. The van der Waals surface area contributed by atoms with E-state index in [1.165, 1.54) is 4.90 Å². The molecule has 2 aliphatic rings. The molecule has 0 radical (unpaired) electrons. The maximum Gasteiger partial charge on any atom is 0.407 e. The van der Waals surface area contributed by atoms with Crippen LogP contribution in [0.15, 0.2) is 48.5 Å². The Labute approximate surface area is 193 Å². The molecule has 1 saturated heterocycles. The molecule has 2 amide bonds. The monoisotopic (exact) mass is 450 g/mol. The number of ether oxygens (including phenoxy) is 1. The summed E-state index contributed by atoms with van der Waals surface area (Å²) in [6.07, 6.45) is 2.44. The zero-order chi connectivity index (χ0) is 23.4. The molecular formula is C26H30N2O5. The molecule has 2 N–H and O–H groups in total. The molecular weight excluding hydrogens is 420 g/mol. The minimum Gasteiger partial charge on any atom is -0.480 e. The Morgan fingerprint density at radius 2 is 1.67 bits per heavy atom. The van der Waals surface area contributed by atoms with Crippen LogP contribution >= 0.6 is 0 Å². The standard InChI is InChI=1S/C26H30N2O5/c1-17(15-24(29)28-14-8-2-3-13-23(28)25(30)31)27-26(32)33-16-22-20-11-6-4-9-18(20)19-10-5-7-12-21(19)22/h4-7,9-12,17,22-23H,2-3,8,13-16H2,1H3,(H,27,32)(H,30,31)/t17-,23?/m0/s1. The van der Waals surface area contributed by atoms with Gasteiger partial charge in [-0.3, -0.25) is 4.79 Å². The van der Waals surface area contributed by atoms with Crippen molar-refractivity contribution in [2.75, 3.05) is 13.2 Å². The summed E-state index contributed by atoms with van der Waals surface area (Å²) in [5, 5.41) is 12.2. The van der Waals surface area contributed by atoms with Crippen LogP contribution in [0.5, 0.6) is 0 Å². The van der Waals surface area contributed by atoms with Crippen molar-refractivity contribution in [2.24, 2.45) is 0 Å². The number of likely N-dealkylation sites (tertiary alicyclic amines) is 1. The normalized spacial score (nSPS) is 18.6. The van der Waals surface area contributed by atoms with Crippen LogP contribution in [0.25, 0.3) is 11.1 Å². The van der Waals surface area contributed by atoms with E-state index in [0.29, 0.717) is 13.0 Å². The smallest absolute Gasteiger partial charge is 0.407 e. The molecule has 174 valence electrons. The van der Waals surface area contributed by atoms with Gasteiger partial charge in [0.2, 0.25) is 5.91 Å². The van der Waals surface area contributed by atoms with Gasteiger partial charge in [0.05, 0.1) is 0 Å². The number of aliphatic carboxylic acids is 1. The molecule has 4 rings (SSSR count). The van der Waals surface area contributed by atoms with Gasteiger partial charge in [0.25, 0.3) is 0 Å². The van der Waals surface area contributed by atoms with Crippen molar-refractivity contribution in [3.63, 3.8) is 0 Å². The molecule has 33 heavy (non-hydrogen) atoms. The SMILES string of the molecule is C[C@@H](CC(=O)N1CCCCCC1C(=O)O)NC(=O)OCC1c2ccccc2-c2ccccc21. The summed E-state index contributed by atoms with van der Waals surface area (Å²) in [5.74, 6) is -1.26. The van der Waals surface area contributed by atoms with Gasteiger partial charge in [-0.15, -0.1) is 0 Å². The van der Waals surface area contributed by atoms with E-state index < -0.39 is 24.1 Å². The Balaban J connectivity index is 1.33. The van der Waals surface area contributed by atoms with Gasteiger partial charge in [-0.05, 0) is 42.0 Å². The zero-order valence-electron chi connectivity index (χ0n) is 18.8. The van der Waals surface area contributed by atoms with Gasteiger partial charge in [-0.1, -0.05) is 61.4 Å². The third-order valence-electron chi connectivity index (χ3n) is 6.55. The molecule has 1 aliphatic heterocycles. The van der Waals surface area contributed by atoms with E-state index in [9.17, 15) is 19.5 Å². The first-order valence-corrected chi connectivity index (χ1v) is 11.6. The first-order chi connectivity index (χ1) is 16.0. The molecule has 2 aromatic rings. The van der Waals surface area contributed by atoms with Gasteiger partial charge in [0.1, 0.15) is 12.6 Å². The fourth-order valence-electron chi connectivity index (χ4n) is 4.94. The number of fused-ring (bicyclic) bond motifs is 3. The number of amides is 2. The van der Waals surface area contributed by atoms with Crippen LogP contribution in [0.4, 0.5) is 4.79 Å². The zero-order valence-corrected chi connectivity index (χ0v) is 18.8. The number of carbonyl (C=O) groups excluding carboxylic acids is 2. The van der Waals surface area contributed by atoms with Crippen molar-refractivity contribution in [2.45, 2.75) is 57.0 Å². The number of nitrogens with one attached hydrogen (secondary N) is 1. The van der Waals surface area contributed by atoms with Gasteiger partial charge in [-0.25, -0.2) is 9.59 Å². The van der Waals surface area contributed by atoms with Crippen LogP contribution in [-0.2, 0) is 14.3 Å². The van der Waals surface area contributed by atoms with Gasteiger partial charge in [-0.2, -0.15) is 0 Å². The third kappa shape index (κ3) is 5.02. The van der Waals surface area contributed by atoms with Crippen LogP contribution in [-0.4, -0.2) is 53.2 Å². The highest BCUT2D eigenvalue weighted by molar-refractivity contribution is 5.84. The Bertz CT molecular complexity index is 991. The second-order valence-corrected chi connectivity index (χ2v) is 8.87. The van der Waals surface area contributed by atoms with E-state index in [4.69, 9.17) is 4.74 Å². The molecule has 1 heterocycles. The van der Waals surface area contributed by atoms with Gasteiger partial charge >= 0.3 is 12.1 Å². The highest BCUT2D eigenvalue weighted by Crippen LogP contribution is 2.44. The van der Waals surface area contributed by atoms with Crippen LogP contribution in [0.2, 0.25) is 0 Å². The molecule has 0 spiro atoms. The highest BCUT2D eigenvalue weighted by Gasteiger charge is 2.32. The van der Waals surface area contributed by atoms with E-state index in [1.54, 1.807) is 6.92 Å². The molecule has 1 fully saturated rings. The summed E-state index contributed by atoms with van der Waals surface area (Å²) >= 11 is 0. The molecule has 0 bridgehead atoms. The van der Waals surface area contributed by atoms with Gasteiger partial charge in [0, 0.05) is 24.9 Å². The van der Waals surface area contributed by atoms with Crippen molar-refractivity contribution in [1.29, 1.82) is 0 Å². The van der Waals surface area contributed by atoms with Crippen molar-refractivity contribution in [1.82, 2.24) is 10.2 Å². The van der Waals surface area contributed by atoms with E-state index >= 15 is 0 Å². The molecule has 2 aromatic carbocycles. The Morgan fingerprint density at radius 1 is 1.03 bits per heavy atom. The maximum atomic E-state index is 12.8. The second kappa shape index (κ2) is 10.1. The predicted octanol–water partition coefficient (Wildman–Crippen LogP) is 4.16. The van der Waals surface area contributed by atoms with Crippen molar-refractivity contribution >= 4 is 18.0 Å². The van der Waals surface area contributed by atoms with Crippen LogP contribution in [0.1, 0.15) is 56.1 Å². The Kier molecular flexibility index (Phi) is 6.96. The minimum absolute atomic E-state index is 0.0338. The number of hydrogen-bond donors (Lipinski definition) is 2. The lowest BCUT2D eigenvalue weighted by atomic mass is 9.98. The molecule has 2 atom stereocenters. The number of alkyl carbamates (subject to hydrolysis) is 1. The number of hydrogen-bond acceptors (Lipinski definition) is 4. The highest BCUT2D eigenvalue weighted by atomic mass is 16.5. The first-order valence-electron chi connectivity index (χ1n) is 11.6. The second-order valence-electron chi connectivity index (χ2n) is 8.87. The molecule has 1 aliphatic carbocycles. The van der Waals surface area contributed by atoms with Crippen molar-refractivity contribution in [3.05, 3.63) is 59.7 Å². The number of carboxylic acids is 1. The summed E-state index contributed by atoms with van der Waals surface area (Å²) in [6, 6.07) is 15.0. The number of benzene rings is 2. The fraction of sp³-hybridized carbons (Fsp3) is 0.423. The van der Waals surface area contributed by atoms with Gasteiger partial charge < -0.3 is 20.1 Å². The van der Waals surface area contributed by atoms with E-state index in [0.717, 1.165) is 41.5 Å². The largest absolute Gasteiger partial charge is 0.480 e. The quantitative estimate of drug-likeness (QED) is 0.689. The molecule has 1 unspecified atom stereocenters. The fourth-order valence-corrected chi connectivity index (χ4v) is 4.94. The predicted molar refractivity (Wildman–Crippen MR) is 124 cm³/mol. The minimum atomic E-state index is -0.970. The first kappa shape index (κ1) is 22.8. The molecule has 0 saturated carbocycles. The Morgan fingerprint density at radius 3 is 2.30 bits per heavy atom. The maximum absolute atomic E-state index is 12.8. The van der Waals surface area contributed by atoms with Crippen molar-refractivity contribution < 1.29 is 24.2 Å². The summed E-state index contributed by atoms with van der Waals surface area (Å²) in [7, 11) is 0. The van der Waals surface area contributed by atoms with Crippen molar-refractivity contribution in [3.8, 4) is 11.1 Å². The lowest BCUT2D eigenvalue weighted by Gasteiger charge is -2.28. The van der Waals surface area contributed by atoms with E-state index in [2.05, 4.69) is 29.6 Å². The van der Waals surface area contributed by atoms with Crippen LogP contribution < -0.4 is 5.32 Å².